The number of carbonyl (C=O) groups excluding carboxylic acids is 3. The molecule has 0 aliphatic carbocycles. The minimum atomic E-state index is -1.00. The molecule has 2 saturated heterocycles. The van der Waals surface area contributed by atoms with E-state index in [0.717, 1.165) is 11.4 Å². The molecule has 4 heterocycles. The van der Waals surface area contributed by atoms with Gasteiger partial charge in [-0.25, -0.2) is 0 Å². The second kappa shape index (κ2) is 11.6. The van der Waals surface area contributed by atoms with Crippen molar-refractivity contribution in [3.05, 3.63) is 72.8 Å². The van der Waals surface area contributed by atoms with Crippen LogP contribution in [0.25, 0.3) is 0 Å². The molecule has 3 amide bonds. The highest BCUT2D eigenvalue weighted by molar-refractivity contribution is 8.02. The SMILES string of the molecule is CCOc1ccc(N2CC=C[C@]3(C)S[C@]45C=CCN(c6ccc(OC)cc6)C(=O)C4N([C@@H](CC)CO)C(=O)[C@@H]5[C@@H]3C2=O)cc1. The third-order valence-corrected chi connectivity index (χ3v) is 11.2. The normalized spacial score (nSPS) is 30.1. The van der Waals surface area contributed by atoms with Gasteiger partial charge in [0.05, 0.1) is 42.9 Å². The fraction of sp³-hybridized carbons (Fsp3) is 0.441. The number of methoxy groups -OCH3 is 1. The average Bonchev–Trinajstić information content (AvgIpc) is 3.30. The van der Waals surface area contributed by atoms with E-state index in [9.17, 15) is 19.5 Å². The molecule has 44 heavy (non-hydrogen) atoms. The first-order valence-electron chi connectivity index (χ1n) is 15.2. The number of ether oxygens (including phenoxy) is 2. The molecule has 2 fully saturated rings. The molecular weight excluding hydrogens is 578 g/mol. The number of benzene rings is 2. The maximum Gasteiger partial charge on any atom is 0.251 e. The largest absolute Gasteiger partial charge is 0.497 e. The van der Waals surface area contributed by atoms with Crippen molar-refractivity contribution in [1.82, 2.24) is 4.90 Å². The van der Waals surface area contributed by atoms with Crippen molar-refractivity contribution < 1.29 is 29.0 Å². The molecule has 1 unspecified atom stereocenters. The number of amides is 3. The van der Waals surface area contributed by atoms with Gasteiger partial charge in [0.15, 0.2) is 0 Å². The van der Waals surface area contributed by atoms with E-state index in [1.165, 1.54) is 11.8 Å². The molecule has 4 aliphatic heterocycles. The molecule has 0 bridgehead atoms. The molecule has 10 heteroatoms. The van der Waals surface area contributed by atoms with Crippen molar-refractivity contribution in [1.29, 1.82) is 0 Å². The number of aliphatic hydroxyl groups is 1. The van der Waals surface area contributed by atoms with Gasteiger partial charge in [-0.2, -0.15) is 0 Å². The summed E-state index contributed by atoms with van der Waals surface area (Å²) in [6.45, 7) is 6.78. The van der Waals surface area contributed by atoms with Crippen molar-refractivity contribution in [3.63, 3.8) is 0 Å². The summed E-state index contributed by atoms with van der Waals surface area (Å²) < 4.78 is 9.19. The fourth-order valence-electron chi connectivity index (χ4n) is 7.38. The smallest absolute Gasteiger partial charge is 0.251 e. The highest BCUT2D eigenvalue weighted by atomic mass is 32.2. The second-order valence-corrected chi connectivity index (χ2v) is 13.6. The molecule has 0 aromatic heterocycles. The first kappa shape index (κ1) is 30.3. The highest BCUT2D eigenvalue weighted by Crippen LogP contribution is 2.66. The first-order chi connectivity index (χ1) is 21.2. The van der Waals surface area contributed by atoms with Crippen molar-refractivity contribution >= 4 is 40.9 Å². The summed E-state index contributed by atoms with van der Waals surface area (Å²) in [5, 5.41) is 10.4. The van der Waals surface area contributed by atoms with Crippen LogP contribution >= 0.6 is 11.8 Å². The summed E-state index contributed by atoms with van der Waals surface area (Å²) in [5.74, 6) is -0.763. The first-order valence-corrected chi connectivity index (χ1v) is 16.0. The maximum atomic E-state index is 14.7. The van der Waals surface area contributed by atoms with Gasteiger partial charge in [0, 0.05) is 29.2 Å². The van der Waals surface area contributed by atoms with Gasteiger partial charge in [0.1, 0.15) is 17.5 Å². The molecule has 1 N–H and O–H groups in total. The minimum Gasteiger partial charge on any atom is -0.497 e. The molecule has 0 saturated carbocycles. The molecule has 6 rings (SSSR count). The highest BCUT2D eigenvalue weighted by Gasteiger charge is 2.74. The van der Waals surface area contributed by atoms with Gasteiger partial charge in [-0.05, 0) is 68.8 Å². The third-order valence-electron chi connectivity index (χ3n) is 9.41. The molecule has 2 aromatic rings. The average molecular weight is 618 g/mol. The lowest BCUT2D eigenvalue weighted by Crippen LogP contribution is -2.56. The van der Waals surface area contributed by atoms with Gasteiger partial charge in [-0.15, -0.1) is 11.8 Å². The maximum absolute atomic E-state index is 14.7. The summed E-state index contributed by atoms with van der Waals surface area (Å²) in [5.41, 5.74) is 1.41. The molecule has 4 aliphatic rings. The van der Waals surface area contributed by atoms with Crippen molar-refractivity contribution in [2.75, 3.05) is 43.2 Å². The quantitative estimate of drug-likeness (QED) is 0.446. The molecule has 9 nitrogen and oxygen atoms in total. The van der Waals surface area contributed by atoms with Crippen molar-refractivity contribution in [3.8, 4) is 11.5 Å². The van der Waals surface area contributed by atoms with Crippen LogP contribution in [0.15, 0.2) is 72.8 Å². The van der Waals surface area contributed by atoms with Crippen molar-refractivity contribution in [2.45, 2.75) is 48.8 Å². The zero-order valence-electron chi connectivity index (χ0n) is 25.5. The number of fused-ring (bicyclic) bond motifs is 2. The van der Waals surface area contributed by atoms with E-state index in [2.05, 4.69) is 0 Å². The van der Waals surface area contributed by atoms with E-state index < -0.39 is 33.4 Å². The fourth-order valence-corrected chi connectivity index (χ4v) is 9.53. The number of hydrogen-bond acceptors (Lipinski definition) is 7. The van der Waals surface area contributed by atoms with Crippen LogP contribution in [0, 0.1) is 11.8 Å². The minimum absolute atomic E-state index is 0.154. The van der Waals surface area contributed by atoms with Crippen LogP contribution in [-0.2, 0) is 14.4 Å². The lowest BCUT2D eigenvalue weighted by molar-refractivity contribution is -0.142. The second-order valence-electron chi connectivity index (χ2n) is 11.8. The molecule has 1 spiro atoms. The van der Waals surface area contributed by atoms with Crippen LogP contribution in [-0.4, -0.2) is 82.7 Å². The van der Waals surface area contributed by atoms with Crippen LogP contribution in [0.4, 0.5) is 11.4 Å². The zero-order valence-corrected chi connectivity index (χ0v) is 26.3. The van der Waals surface area contributed by atoms with Gasteiger partial charge in [-0.1, -0.05) is 31.2 Å². The Bertz CT molecular complexity index is 1490. The van der Waals surface area contributed by atoms with E-state index >= 15 is 0 Å². The van der Waals surface area contributed by atoms with Gasteiger partial charge in [0.2, 0.25) is 11.8 Å². The molecule has 0 radical (unpaired) electrons. The van der Waals surface area contributed by atoms with Crippen molar-refractivity contribution in [2.24, 2.45) is 11.8 Å². The molecule has 6 atom stereocenters. The number of likely N-dealkylation sites (tertiary alicyclic amines) is 1. The Morgan fingerprint density at radius 2 is 1.45 bits per heavy atom. The molecule has 2 aromatic carbocycles. The van der Waals surface area contributed by atoms with Crippen LogP contribution in [0.2, 0.25) is 0 Å². The lowest BCUT2D eigenvalue weighted by atomic mass is 9.74. The van der Waals surface area contributed by atoms with E-state index in [4.69, 9.17) is 9.47 Å². The Morgan fingerprint density at radius 1 is 0.864 bits per heavy atom. The Balaban J connectivity index is 1.44. The summed E-state index contributed by atoms with van der Waals surface area (Å²) in [7, 11) is 1.59. The Morgan fingerprint density at radius 3 is 2.02 bits per heavy atom. The van der Waals surface area contributed by atoms with Crippen LogP contribution < -0.4 is 19.3 Å². The topological polar surface area (TPSA) is 99.6 Å². The number of aliphatic hydroxyl groups excluding tert-OH is 1. The third kappa shape index (κ3) is 4.61. The Hall–Kier alpha value is -3.76. The predicted octanol–water partition coefficient (Wildman–Crippen LogP) is 4.06. The molecular formula is C34H39N3O6S. The van der Waals surface area contributed by atoms with Crippen LogP contribution in [0.3, 0.4) is 0 Å². The number of hydrogen-bond donors (Lipinski definition) is 1. The summed E-state index contributed by atoms with van der Waals surface area (Å²) in [6, 6.07) is 13.2. The van der Waals surface area contributed by atoms with E-state index in [1.807, 2.05) is 81.5 Å². The monoisotopic (exact) mass is 617 g/mol. The molecule has 232 valence electrons. The van der Waals surface area contributed by atoms with Gasteiger partial charge < -0.3 is 29.3 Å². The number of carbonyl (C=O) groups is 3. The number of rotatable bonds is 8. The Labute approximate surface area is 262 Å². The lowest BCUT2D eigenvalue weighted by Gasteiger charge is -2.39. The number of thioether (sulfide) groups is 1. The van der Waals surface area contributed by atoms with Gasteiger partial charge in [0.25, 0.3) is 5.91 Å². The summed E-state index contributed by atoms with van der Waals surface area (Å²) in [6.07, 6.45) is 8.46. The Kier molecular flexibility index (Phi) is 8.00. The van der Waals surface area contributed by atoms with E-state index in [0.29, 0.717) is 37.6 Å². The van der Waals surface area contributed by atoms with Crippen LogP contribution in [0.1, 0.15) is 27.2 Å². The summed E-state index contributed by atoms with van der Waals surface area (Å²) >= 11 is 1.54. The van der Waals surface area contributed by atoms with Gasteiger partial charge in [-0.3, -0.25) is 14.4 Å². The van der Waals surface area contributed by atoms with Gasteiger partial charge >= 0.3 is 0 Å². The van der Waals surface area contributed by atoms with E-state index in [-0.39, 0.29) is 24.3 Å². The standard InChI is InChI=1S/C34H39N3O6S/c1-5-22(21-38)37-29-32(41)36(24-9-13-25(42-4)14-10-24)20-8-18-34(29)28(31(37)40)27-30(39)35(19-7-17-33(27,3)44-34)23-11-15-26(16-12-23)43-6-2/h7-18,22,27-29,38H,5-6,19-21H2,1-4H3/t22-,27+,28-,29?,33-,34-/m0/s1. The number of anilines is 2. The summed E-state index contributed by atoms with van der Waals surface area (Å²) in [4.78, 5) is 49.0. The van der Waals surface area contributed by atoms with E-state index in [1.54, 1.807) is 33.9 Å². The predicted molar refractivity (Wildman–Crippen MR) is 171 cm³/mol. The number of nitrogens with zero attached hydrogens (tertiary/aromatic N) is 3. The zero-order chi connectivity index (χ0) is 31.2. The van der Waals surface area contributed by atoms with Crippen LogP contribution in [0.5, 0.6) is 11.5 Å².